The number of anilines is 1. The zero-order valence-electron chi connectivity index (χ0n) is 16.7. The van der Waals surface area contributed by atoms with Gasteiger partial charge in [0.05, 0.1) is 34.0 Å². The van der Waals surface area contributed by atoms with Crippen molar-refractivity contribution in [3.05, 3.63) is 82.2 Å². The summed E-state index contributed by atoms with van der Waals surface area (Å²) in [5.41, 5.74) is 0.231. The Morgan fingerprint density at radius 2 is 1.88 bits per heavy atom. The van der Waals surface area contributed by atoms with Gasteiger partial charge in [0.1, 0.15) is 5.76 Å². The number of hydrogen-bond donors (Lipinski definition) is 2. The van der Waals surface area contributed by atoms with Crippen LogP contribution in [0.1, 0.15) is 23.0 Å². The number of amides is 1. The second kappa shape index (κ2) is 10.2. The van der Waals surface area contributed by atoms with Gasteiger partial charge in [0.25, 0.3) is 5.91 Å². The number of sulfonamides is 1. The molecule has 1 amide bonds. The van der Waals surface area contributed by atoms with Gasteiger partial charge in [-0.15, -0.1) is 0 Å². The second-order valence-electron chi connectivity index (χ2n) is 6.59. The topological polar surface area (TPSA) is 115 Å². The number of furan rings is 1. The molecule has 1 unspecified atom stereocenters. The fraction of sp³-hybridized carbons (Fsp3) is 0.143. The average Bonchev–Trinajstić information content (AvgIpc) is 3.29. The third-order valence-electron chi connectivity index (χ3n) is 4.24. The molecule has 0 bridgehead atoms. The molecule has 0 saturated carbocycles. The molecule has 0 aliphatic rings. The van der Waals surface area contributed by atoms with Crippen molar-refractivity contribution >= 4 is 50.8 Å². The molecule has 3 aromatic rings. The smallest absolute Gasteiger partial charge is 0.338 e. The molecule has 168 valence electrons. The van der Waals surface area contributed by atoms with Crippen LogP contribution >= 0.6 is 23.2 Å². The highest BCUT2D eigenvalue weighted by atomic mass is 35.5. The summed E-state index contributed by atoms with van der Waals surface area (Å²) in [4.78, 5) is 24.7. The van der Waals surface area contributed by atoms with Gasteiger partial charge in [0, 0.05) is 5.02 Å². The first kappa shape index (κ1) is 23.8. The molecular formula is C21H18Cl2N2O6S. The standard InChI is InChI=1S/C21H18Cl2N2O6S/c1-13(20(26)25-19-11-15(22)7-8-18(19)23)31-21(27)14-4-2-6-17(10-14)32(28,29)24-12-16-5-3-9-30-16/h2-11,13,24H,12H2,1H3,(H,25,26). The quantitative estimate of drug-likeness (QED) is 0.450. The molecule has 1 atom stereocenters. The fourth-order valence-electron chi connectivity index (χ4n) is 2.56. The maximum atomic E-state index is 12.5. The van der Waals surface area contributed by atoms with E-state index in [1.54, 1.807) is 18.2 Å². The van der Waals surface area contributed by atoms with Crippen molar-refractivity contribution in [3.8, 4) is 0 Å². The van der Waals surface area contributed by atoms with Crippen molar-refractivity contribution in [3.63, 3.8) is 0 Å². The Balaban J connectivity index is 1.65. The first-order valence-corrected chi connectivity index (χ1v) is 11.5. The molecule has 0 spiro atoms. The Kier molecular flexibility index (Phi) is 7.57. The predicted octanol–water partition coefficient (Wildman–Crippen LogP) is 4.25. The van der Waals surface area contributed by atoms with E-state index in [0.717, 1.165) is 6.07 Å². The number of carbonyl (C=O) groups excluding carboxylic acids is 2. The average molecular weight is 497 g/mol. The zero-order valence-corrected chi connectivity index (χ0v) is 19.0. The molecule has 1 aromatic heterocycles. The highest BCUT2D eigenvalue weighted by Crippen LogP contribution is 2.25. The van der Waals surface area contributed by atoms with E-state index < -0.39 is 28.0 Å². The lowest BCUT2D eigenvalue weighted by Gasteiger charge is -2.15. The van der Waals surface area contributed by atoms with Crippen LogP contribution in [0.5, 0.6) is 0 Å². The summed E-state index contributed by atoms with van der Waals surface area (Å²) in [5, 5.41) is 3.16. The van der Waals surface area contributed by atoms with E-state index >= 15 is 0 Å². The van der Waals surface area contributed by atoms with Crippen LogP contribution in [0.3, 0.4) is 0 Å². The molecule has 2 aromatic carbocycles. The largest absolute Gasteiger partial charge is 0.468 e. The molecule has 1 heterocycles. The highest BCUT2D eigenvalue weighted by molar-refractivity contribution is 7.89. The molecule has 3 rings (SSSR count). The minimum Gasteiger partial charge on any atom is -0.468 e. The lowest BCUT2D eigenvalue weighted by atomic mass is 10.2. The molecule has 8 nitrogen and oxygen atoms in total. The molecule has 11 heteroatoms. The highest BCUT2D eigenvalue weighted by Gasteiger charge is 2.22. The second-order valence-corrected chi connectivity index (χ2v) is 9.20. The van der Waals surface area contributed by atoms with Crippen molar-refractivity contribution < 1.29 is 27.2 Å². The number of nitrogens with one attached hydrogen (secondary N) is 2. The number of hydrogen-bond acceptors (Lipinski definition) is 6. The Hall–Kier alpha value is -2.85. The van der Waals surface area contributed by atoms with Crippen LogP contribution in [0.4, 0.5) is 5.69 Å². The fourth-order valence-corrected chi connectivity index (χ4v) is 3.94. The summed E-state index contributed by atoms with van der Waals surface area (Å²) >= 11 is 11.9. The molecule has 0 aliphatic heterocycles. The third-order valence-corrected chi connectivity index (χ3v) is 6.20. The van der Waals surface area contributed by atoms with E-state index in [4.69, 9.17) is 32.4 Å². The third kappa shape index (κ3) is 6.10. The van der Waals surface area contributed by atoms with Crippen molar-refractivity contribution in [2.45, 2.75) is 24.5 Å². The number of ether oxygens (including phenoxy) is 1. The molecule has 0 radical (unpaired) electrons. The first-order valence-electron chi connectivity index (χ1n) is 9.25. The molecule has 0 saturated heterocycles. The summed E-state index contributed by atoms with van der Waals surface area (Å²) in [6.07, 6.45) is 0.243. The number of rotatable bonds is 8. The first-order chi connectivity index (χ1) is 15.2. The summed E-state index contributed by atoms with van der Waals surface area (Å²) in [5.74, 6) is -1.07. The van der Waals surface area contributed by atoms with E-state index in [2.05, 4.69) is 10.0 Å². The van der Waals surface area contributed by atoms with Gasteiger partial charge in [-0.1, -0.05) is 29.3 Å². The van der Waals surface area contributed by atoms with E-state index in [9.17, 15) is 18.0 Å². The van der Waals surface area contributed by atoms with Crippen LogP contribution in [0.15, 0.2) is 70.2 Å². The van der Waals surface area contributed by atoms with E-state index in [0.29, 0.717) is 10.8 Å². The minimum absolute atomic E-state index is 0.0358. The van der Waals surface area contributed by atoms with Gasteiger partial charge in [-0.3, -0.25) is 4.79 Å². The number of benzene rings is 2. The minimum atomic E-state index is -3.91. The Morgan fingerprint density at radius 1 is 1.09 bits per heavy atom. The van der Waals surface area contributed by atoms with Crippen molar-refractivity contribution in [2.75, 3.05) is 5.32 Å². The van der Waals surface area contributed by atoms with E-state index in [1.165, 1.54) is 43.5 Å². The summed E-state index contributed by atoms with van der Waals surface area (Å²) in [7, 11) is -3.91. The van der Waals surface area contributed by atoms with Crippen LogP contribution in [-0.4, -0.2) is 26.4 Å². The van der Waals surface area contributed by atoms with Crippen LogP contribution in [-0.2, 0) is 26.1 Å². The Bertz CT molecular complexity index is 1230. The van der Waals surface area contributed by atoms with E-state index in [-0.39, 0.29) is 27.7 Å². The van der Waals surface area contributed by atoms with Gasteiger partial charge in [-0.05, 0) is 55.5 Å². The summed E-state index contributed by atoms with van der Waals surface area (Å²) < 4.78 is 37.6. The maximum absolute atomic E-state index is 12.5. The van der Waals surface area contributed by atoms with Crippen LogP contribution < -0.4 is 10.0 Å². The van der Waals surface area contributed by atoms with Gasteiger partial charge in [-0.25, -0.2) is 17.9 Å². The van der Waals surface area contributed by atoms with Crippen molar-refractivity contribution in [1.82, 2.24) is 4.72 Å². The van der Waals surface area contributed by atoms with Crippen LogP contribution in [0.25, 0.3) is 0 Å². The lowest BCUT2D eigenvalue weighted by Crippen LogP contribution is -2.30. The lowest BCUT2D eigenvalue weighted by molar-refractivity contribution is -0.123. The van der Waals surface area contributed by atoms with Gasteiger partial charge >= 0.3 is 5.97 Å². The summed E-state index contributed by atoms with van der Waals surface area (Å²) in [6.45, 7) is 1.32. The van der Waals surface area contributed by atoms with E-state index in [1.807, 2.05) is 0 Å². The van der Waals surface area contributed by atoms with Gasteiger partial charge < -0.3 is 14.5 Å². The molecule has 0 aliphatic carbocycles. The Labute approximate surface area is 194 Å². The number of esters is 1. The molecule has 0 fully saturated rings. The number of carbonyl (C=O) groups is 2. The Morgan fingerprint density at radius 3 is 2.59 bits per heavy atom. The van der Waals surface area contributed by atoms with Gasteiger partial charge in [0.15, 0.2) is 6.10 Å². The normalized spacial score (nSPS) is 12.2. The SMILES string of the molecule is CC(OC(=O)c1cccc(S(=O)(=O)NCc2ccco2)c1)C(=O)Nc1cc(Cl)ccc1Cl. The number of halogens is 2. The summed E-state index contributed by atoms with van der Waals surface area (Å²) in [6, 6.07) is 13.1. The molecule has 32 heavy (non-hydrogen) atoms. The van der Waals surface area contributed by atoms with Gasteiger partial charge in [0.2, 0.25) is 10.0 Å². The maximum Gasteiger partial charge on any atom is 0.338 e. The van der Waals surface area contributed by atoms with Gasteiger partial charge in [-0.2, -0.15) is 0 Å². The predicted molar refractivity (Wildman–Crippen MR) is 119 cm³/mol. The zero-order chi connectivity index (χ0) is 23.3. The molecular weight excluding hydrogens is 479 g/mol. The van der Waals surface area contributed by atoms with Crippen LogP contribution in [0.2, 0.25) is 10.0 Å². The van der Waals surface area contributed by atoms with Crippen molar-refractivity contribution in [2.24, 2.45) is 0 Å². The van der Waals surface area contributed by atoms with Crippen LogP contribution in [0, 0.1) is 0 Å². The monoisotopic (exact) mass is 496 g/mol. The molecule has 2 N–H and O–H groups in total. The van der Waals surface area contributed by atoms with Crippen molar-refractivity contribution in [1.29, 1.82) is 0 Å².